The van der Waals surface area contributed by atoms with Gasteiger partial charge < -0.3 is 9.67 Å². The molecule has 0 aliphatic heterocycles. The quantitative estimate of drug-likeness (QED) is 0.702. The fourth-order valence-corrected chi connectivity index (χ4v) is 0.933. The number of hydrogen-bond acceptors (Lipinski definition) is 2. The molecule has 1 rings (SSSR count). The maximum atomic E-state index is 8.83. The summed E-state index contributed by atoms with van der Waals surface area (Å²) in [6, 6.07) is 0. The van der Waals surface area contributed by atoms with E-state index >= 15 is 0 Å². The first kappa shape index (κ1) is 8.01. The Morgan fingerprint density at radius 1 is 1.82 bits per heavy atom. The second-order valence-electron chi connectivity index (χ2n) is 2.25. The Balaban J connectivity index is 3.01. The number of aliphatic hydroxyl groups is 1. The maximum Gasteiger partial charge on any atom is 0.138 e. The first-order valence-electron chi connectivity index (χ1n) is 3.61. The summed E-state index contributed by atoms with van der Waals surface area (Å²) < 4.78 is 1.73. The van der Waals surface area contributed by atoms with Crippen molar-refractivity contribution in [3.63, 3.8) is 0 Å². The van der Waals surface area contributed by atoms with Crippen LogP contribution in [0.15, 0.2) is 12.8 Å². The van der Waals surface area contributed by atoms with E-state index in [-0.39, 0.29) is 6.61 Å². The van der Waals surface area contributed by atoms with Gasteiger partial charge in [0, 0.05) is 12.4 Å². The van der Waals surface area contributed by atoms with Gasteiger partial charge >= 0.3 is 0 Å². The van der Waals surface area contributed by atoms with Crippen LogP contribution in [0.2, 0.25) is 0 Å². The molecule has 0 atom stereocenters. The van der Waals surface area contributed by atoms with Crippen LogP contribution < -0.4 is 0 Å². The van der Waals surface area contributed by atoms with Gasteiger partial charge in [-0.15, -0.1) is 0 Å². The molecule has 0 aliphatic carbocycles. The predicted molar refractivity (Wildman–Crippen MR) is 43.9 cm³/mol. The van der Waals surface area contributed by atoms with E-state index in [1.54, 1.807) is 10.8 Å². The predicted octanol–water partition coefficient (Wildman–Crippen LogP) is 1.04. The molecule has 0 aliphatic rings. The van der Waals surface area contributed by atoms with Gasteiger partial charge in [-0.25, -0.2) is 4.98 Å². The Bertz CT molecular complexity index is 253. The summed E-state index contributed by atoms with van der Waals surface area (Å²) in [6.07, 6.45) is 4.39. The fraction of sp³-hybridized carbons (Fsp3) is 0.375. The Hall–Kier alpha value is -1.09. The molecule has 0 amide bonds. The Labute approximate surface area is 66.0 Å². The molecule has 0 fully saturated rings. The zero-order valence-electron chi connectivity index (χ0n) is 6.62. The topological polar surface area (TPSA) is 38.0 Å². The average molecular weight is 152 g/mol. The van der Waals surface area contributed by atoms with Crippen molar-refractivity contribution in [2.75, 3.05) is 0 Å². The van der Waals surface area contributed by atoms with Crippen molar-refractivity contribution in [3.8, 4) is 0 Å². The van der Waals surface area contributed by atoms with Crippen LogP contribution in [0.1, 0.15) is 18.4 Å². The Morgan fingerprint density at radius 3 is 2.91 bits per heavy atom. The molecule has 3 heteroatoms. The minimum absolute atomic E-state index is 0.0357. The van der Waals surface area contributed by atoms with Crippen LogP contribution >= 0.6 is 0 Å². The molecule has 0 bridgehead atoms. The third-order valence-corrected chi connectivity index (χ3v) is 1.56. The van der Waals surface area contributed by atoms with E-state index in [0.717, 1.165) is 12.1 Å². The fourth-order valence-electron chi connectivity index (χ4n) is 0.933. The highest BCUT2D eigenvalue weighted by Gasteiger charge is 2.01. The van der Waals surface area contributed by atoms with Gasteiger partial charge in [-0.3, -0.25) is 0 Å². The number of rotatable bonds is 3. The van der Waals surface area contributed by atoms with Crippen LogP contribution in [0.3, 0.4) is 0 Å². The zero-order chi connectivity index (χ0) is 8.27. The minimum atomic E-state index is -0.0357. The summed E-state index contributed by atoms with van der Waals surface area (Å²) in [6.45, 7) is 5.59. The normalized spacial score (nSPS) is 10.0. The summed E-state index contributed by atoms with van der Waals surface area (Å²) in [7, 11) is 0. The highest BCUT2D eigenvalue weighted by Crippen LogP contribution is 2.03. The number of nitrogens with zero attached hydrogens (tertiary/aromatic N) is 2. The van der Waals surface area contributed by atoms with Crippen molar-refractivity contribution in [1.29, 1.82) is 0 Å². The smallest absolute Gasteiger partial charge is 0.138 e. The third-order valence-electron chi connectivity index (χ3n) is 1.56. The van der Waals surface area contributed by atoms with E-state index in [4.69, 9.17) is 5.11 Å². The van der Waals surface area contributed by atoms with Crippen LogP contribution in [0, 0.1) is 0 Å². The van der Waals surface area contributed by atoms with Crippen molar-refractivity contribution in [2.45, 2.75) is 20.0 Å². The minimum Gasteiger partial charge on any atom is -0.388 e. The van der Waals surface area contributed by atoms with Gasteiger partial charge in [0.05, 0.1) is 5.69 Å². The van der Waals surface area contributed by atoms with Crippen LogP contribution in [0.25, 0.3) is 6.20 Å². The van der Waals surface area contributed by atoms with Gasteiger partial charge in [-0.2, -0.15) is 0 Å². The monoisotopic (exact) mass is 152 g/mol. The maximum absolute atomic E-state index is 8.83. The molecule has 0 saturated carbocycles. The highest BCUT2D eigenvalue weighted by atomic mass is 16.3. The van der Waals surface area contributed by atoms with Crippen molar-refractivity contribution in [3.05, 3.63) is 24.3 Å². The van der Waals surface area contributed by atoms with Gasteiger partial charge in [0.2, 0.25) is 0 Å². The molecule has 1 heterocycles. The first-order chi connectivity index (χ1) is 5.31. The van der Waals surface area contributed by atoms with Gasteiger partial charge in [-0.1, -0.05) is 13.5 Å². The molecule has 0 unspecified atom stereocenters. The molecule has 1 aromatic rings. The Morgan fingerprint density at radius 2 is 2.55 bits per heavy atom. The number of aliphatic hydroxyl groups excluding tert-OH is 1. The summed E-state index contributed by atoms with van der Waals surface area (Å²) in [4.78, 5) is 4.16. The summed E-state index contributed by atoms with van der Waals surface area (Å²) in [5, 5.41) is 8.83. The van der Waals surface area contributed by atoms with Crippen LogP contribution in [-0.2, 0) is 13.0 Å². The van der Waals surface area contributed by atoms with Crippen LogP contribution in [0.5, 0.6) is 0 Å². The van der Waals surface area contributed by atoms with E-state index in [1.807, 2.05) is 13.1 Å². The SMILES string of the molecule is C=Cn1cc(CC)nc1CO. The molecule has 0 radical (unpaired) electrons. The van der Waals surface area contributed by atoms with E-state index < -0.39 is 0 Å². The molecule has 1 N–H and O–H groups in total. The molecule has 11 heavy (non-hydrogen) atoms. The zero-order valence-corrected chi connectivity index (χ0v) is 6.62. The second kappa shape index (κ2) is 3.34. The van der Waals surface area contributed by atoms with Gasteiger partial charge in [0.25, 0.3) is 0 Å². The largest absolute Gasteiger partial charge is 0.388 e. The van der Waals surface area contributed by atoms with Crippen molar-refractivity contribution in [1.82, 2.24) is 9.55 Å². The lowest BCUT2D eigenvalue weighted by Crippen LogP contribution is -1.93. The lowest BCUT2D eigenvalue weighted by molar-refractivity contribution is 0.270. The summed E-state index contributed by atoms with van der Waals surface area (Å²) >= 11 is 0. The summed E-state index contributed by atoms with van der Waals surface area (Å²) in [5.41, 5.74) is 0.981. The molecule has 0 saturated heterocycles. The van der Waals surface area contributed by atoms with E-state index in [0.29, 0.717) is 5.82 Å². The van der Waals surface area contributed by atoms with Crippen molar-refractivity contribution < 1.29 is 5.11 Å². The van der Waals surface area contributed by atoms with E-state index in [2.05, 4.69) is 11.6 Å². The second-order valence-corrected chi connectivity index (χ2v) is 2.25. The summed E-state index contributed by atoms with van der Waals surface area (Å²) in [5.74, 6) is 0.650. The van der Waals surface area contributed by atoms with Gasteiger partial charge in [0.15, 0.2) is 0 Å². The molecular formula is C8H12N2O. The standard InChI is InChI=1S/C8H12N2O/c1-3-7-5-10(4-2)8(6-11)9-7/h4-5,11H,2-3,6H2,1H3. The highest BCUT2D eigenvalue weighted by molar-refractivity contribution is 5.22. The molecular weight excluding hydrogens is 140 g/mol. The van der Waals surface area contributed by atoms with Gasteiger partial charge in [-0.05, 0) is 6.42 Å². The number of imidazole rings is 1. The molecule has 0 spiro atoms. The van der Waals surface area contributed by atoms with Crippen molar-refractivity contribution in [2.24, 2.45) is 0 Å². The molecule has 0 aromatic carbocycles. The molecule has 3 nitrogen and oxygen atoms in total. The Kier molecular flexibility index (Phi) is 2.44. The molecule has 60 valence electrons. The van der Waals surface area contributed by atoms with E-state index in [9.17, 15) is 0 Å². The first-order valence-corrected chi connectivity index (χ1v) is 3.61. The molecule has 1 aromatic heterocycles. The van der Waals surface area contributed by atoms with Crippen molar-refractivity contribution >= 4 is 6.20 Å². The van der Waals surface area contributed by atoms with E-state index in [1.165, 1.54) is 0 Å². The third kappa shape index (κ3) is 1.49. The number of hydrogen-bond donors (Lipinski definition) is 1. The van der Waals surface area contributed by atoms with Crippen LogP contribution in [-0.4, -0.2) is 14.7 Å². The van der Waals surface area contributed by atoms with Crippen LogP contribution in [0.4, 0.5) is 0 Å². The lowest BCUT2D eigenvalue weighted by Gasteiger charge is -1.94. The average Bonchev–Trinajstić information content (AvgIpc) is 2.46. The number of aromatic nitrogens is 2. The number of aryl methyl sites for hydroxylation is 1. The lowest BCUT2D eigenvalue weighted by atomic mass is 10.4. The van der Waals surface area contributed by atoms with Gasteiger partial charge in [0.1, 0.15) is 12.4 Å².